The topological polar surface area (TPSA) is 52.3 Å². The van der Waals surface area contributed by atoms with E-state index < -0.39 is 6.04 Å². The highest BCUT2D eigenvalue weighted by molar-refractivity contribution is 5.76. The van der Waals surface area contributed by atoms with Crippen molar-refractivity contribution in [2.75, 3.05) is 0 Å². The smallest absolute Gasteiger partial charge is 0.323 e. The molecule has 3 unspecified atom stereocenters. The van der Waals surface area contributed by atoms with Crippen LogP contribution < -0.4 is 5.73 Å². The second-order valence-electron chi connectivity index (χ2n) is 7.90. The largest absolute Gasteiger partial charge is 0.461 e. The maximum atomic E-state index is 12.3. The third kappa shape index (κ3) is 4.21. The molecule has 2 rings (SSSR count). The first-order valence-corrected chi connectivity index (χ1v) is 8.33. The fourth-order valence-electron chi connectivity index (χ4n) is 4.28. The number of hydrogen-bond acceptors (Lipinski definition) is 3. The van der Waals surface area contributed by atoms with Crippen LogP contribution in [0, 0.1) is 17.3 Å². The van der Waals surface area contributed by atoms with Crippen LogP contribution in [-0.4, -0.2) is 18.1 Å². The Morgan fingerprint density at radius 2 is 1.85 bits per heavy atom. The molecule has 0 heterocycles. The zero-order chi connectivity index (χ0) is 14.8. The van der Waals surface area contributed by atoms with Gasteiger partial charge in [-0.1, -0.05) is 40.0 Å². The lowest BCUT2D eigenvalue weighted by molar-refractivity contribution is -0.156. The van der Waals surface area contributed by atoms with Crippen LogP contribution in [0.15, 0.2) is 0 Å². The highest BCUT2D eigenvalue weighted by atomic mass is 16.5. The van der Waals surface area contributed by atoms with Crippen LogP contribution in [0.1, 0.15) is 72.1 Å². The lowest BCUT2D eigenvalue weighted by Gasteiger charge is -2.39. The summed E-state index contributed by atoms with van der Waals surface area (Å²) in [7, 11) is 0. The predicted molar refractivity (Wildman–Crippen MR) is 81.2 cm³/mol. The molecule has 3 nitrogen and oxygen atoms in total. The normalized spacial score (nSPS) is 32.6. The van der Waals surface area contributed by atoms with E-state index in [1.54, 1.807) is 0 Å². The van der Waals surface area contributed by atoms with Crippen molar-refractivity contribution in [3.8, 4) is 0 Å². The quantitative estimate of drug-likeness (QED) is 0.803. The van der Waals surface area contributed by atoms with Gasteiger partial charge >= 0.3 is 5.97 Å². The average Bonchev–Trinajstić information content (AvgIpc) is 2.36. The summed E-state index contributed by atoms with van der Waals surface area (Å²) in [5.74, 6) is 0.805. The van der Waals surface area contributed by atoms with E-state index in [0.29, 0.717) is 11.8 Å². The van der Waals surface area contributed by atoms with Gasteiger partial charge in [0.15, 0.2) is 0 Å². The maximum Gasteiger partial charge on any atom is 0.323 e. The highest BCUT2D eigenvalue weighted by Crippen LogP contribution is 2.40. The van der Waals surface area contributed by atoms with Crippen molar-refractivity contribution >= 4 is 5.97 Å². The fourth-order valence-corrected chi connectivity index (χ4v) is 4.28. The molecule has 2 aliphatic rings. The number of nitrogens with two attached hydrogens (primary N) is 1. The van der Waals surface area contributed by atoms with Gasteiger partial charge in [-0.15, -0.1) is 0 Å². The van der Waals surface area contributed by atoms with Crippen molar-refractivity contribution in [1.82, 2.24) is 0 Å². The molecule has 0 radical (unpaired) electrons. The molecular formula is C17H31NO2. The van der Waals surface area contributed by atoms with Crippen LogP contribution >= 0.6 is 0 Å². The van der Waals surface area contributed by atoms with Gasteiger partial charge in [-0.05, 0) is 49.4 Å². The molecule has 20 heavy (non-hydrogen) atoms. The van der Waals surface area contributed by atoms with Gasteiger partial charge < -0.3 is 10.5 Å². The van der Waals surface area contributed by atoms with Gasteiger partial charge in [-0.3, -0.25) is 4.79 Å². The Morgan fingerprint density at radius 3 is 2.45 bits per heavy atom. The molecule has 0 amide bonds. The average molecular weight is 281 g/mol. The van der Waals surface area contributed by atoms with Gasteiger partial charge in [0.2, 0.25) is 0 Å². The molecule has 0 aromatic heterocycles. The van der Waals surface area contributed by atoms with Crippen molar-refractivity contribution in [3.05, 3.63) is 0 Å². The van der Waals surface area contributed by atoms with Gasteiger partial charge in [0.25, 0.3) is 0 Å². The number of ether oxygens (including phenoxy) is 1. The zero-order valence-electron chi connectivity index (χ0n) is 13.4. The number of esters is 1. The van der Waals surface area contributed by atoms with Crippen LogP contribution in [0.2, 0.25) is 0 Å². The molecule has 2 N–H and O–H groups in total. The molecule has 2 fully saturated rings. The third-order valence-corrected chi connectivity index (χ3v) is 5.06. The first-order chi connectivity index (χ1) is 9.37. The van der Waals surface area contributed by atoms with E-state index in [2.05, 4.69) is 20.8 Å². The van der Waals surface area contributed by atoms with Crippen LogP contribution in [0.4, 0.5) is 0 Å². The summed E-state index contributed by atoms with van der Waals surface area (Å²) >= 11 is 0. The molecule has 3 atom stereocenters. The van der Waals surface area contributed by atoms with Gasteiger partial charge in [-0.25, -0.2) is 0 Å². The highest BCUT2D eigenvalue weighted by Gasteiger charge is 2.36. The number of hydrogen-bond donors (Lipinski definition) is 1. The standard InChI is InChI=1S/C17H31NO2/c1-12-9-14(11-17(2,3)10-12)20-16(19)15(18)13-7-5-4-6-8-13/h12-15H,4-11,18H2,1-3H3. The monoisotopic (exact) mass is 281 g/mol. The fraction of sp³-hybridized carbons (Fsp3) is 0.941. The van der Waals surface area contributed by atoms with E-state index in [9.17, 15) is 4.79 Å². The van der Waals surface area contributed by atoms with Crippen molar-refractivity contribution in [3.63, 3.8) is 0 Å². The number of carbonyl (C=O) groups is 1. The molecule has 116 valence electrons. The second kappa shape index (κ2) is 6.46. The van der Waals surface area contributed by atoms with E-state index in [1.165, 1.54) is 25.7 Å². The van der Waals surface area contributed by atoms with Gasteiger partial charge in [0.1, 0.15) is 12.1 Å². The van der Waals surface area contributed by atoms with Crippen LogP contribution in [-0.2, 0) is 9.53 Å². The van der Waals surface area contributed by atoms with Gasteiger partial charge in [0, 0.05) is 0 Å². The lowest BCUT2D eigenvalue weighted by Crippen LogP contribution is -2.43. The molecule has 0 spiro atoms. The van der Waals surface area contributed by atoms with E-state index in [4.69, 9.17) is 10.5 Å². The Bertz CT molecular complexity index is 334. The molecule has 0 aliphatic heterocycles. The number of rotatable bonds is 3. The first kappa shape index (κ1) is 15.8. The minimum Gasteiger partial charge on any atom is -0.461 e. The summed E-state index contributed by atoms with van der Waals surface area (Å²) in [6, 6.07) is -0.407. The Hall–Kier alpha value is -0.570. The minimum absolute atomic E-state index is 0.0656. The summed E-state index contributed by atoms with van der Waals surface area (Å²) in [6.07, 6.45) is 9.12. The Kier molecular flexibility index (Phi) is 5.11. The van der Waals surface area contributed by atoms with Crippen molar-refractivity contribution in [2.24, 2.45) is 23.0 Å². The number of carbonyl (C=O) groups excluding carboxylic acids is 1. The van der Waals surface area contributed by atoms with Gasteiger partial charge in [0.05, 0.1) is 0 Å². The van der Waals surface area contributed by atoms with Crippen LogP contribution in [0.5, 0.6) is 0 Å². The van der Waals surface area contributed by atoms with E-state index in [-0.39, 0.29) is 17.5 Å². The molecular weight excluding hydrogens is 250 g/mol. The van der Waals surface area contributed by atoms with Crippen molar-refractivity contribution in [1.29, 1.82) is 0 Å². The van der Waals surface area contributed by atoms with E-state index >= 15 is 0 Å². The van der Waals surface area contributed by atoms with E-state index in [1.807, 2.05) is 0 Å². The summed E-state index contributed by atoms with van der Waals surface area (Å²) < 4.78 is 5.75. The second-order valence-corrected chi connectivity index (χ2v) is 7.90. The van der Waals surface area contributed by atoms with Crippen molar-refractivity contribution < 1.29 is 9.53 Å². The third-order valence-electron chi connectivity index (χ3n) is 5.06. The SMILES string of the molecule is CC1CC(OC(=O)C(N)C2CCCCC2)CC(C)(C)C1. The Balaban J connectivity index is 1.86. The molecule has 2 aliphatic carbocycles. The predicted octanol–water partition coefficient (Wildman–Crippen LogP) is 3.65. The summed E-state index contributed by atoms with van der Waals surface area (Å²) in [6.45, 7) is 6.79. The van der Waals surface area contributed by atoms with Crippen molar-refractivity contribution in [2.45, 2.75) is 84.3 Å². The lowest BCUT2D eigenvalue weighted by atomic mass is 9.71. The summed E-state index contributed by atoms with van der Waals surface area (Å²) in [4.78, 5) is 12.3. The van der Waals surface area contributed by atoms with Crippen LogP contribution in [0.3, 0.4) is 0 Å². The van der Waals surface area contributed by atoms with Crippen LogP contribution in [0.25, 0.3) is 0 Å². The van der Waals surface area contributed by atoms with Gasteiger partial charge in [-0.2, -0.15) is 0 Å². The molecule has 0 bridgehead atoms. The molecule has 3 heteroatoms. The molecule has 0 saturated heterocycles. The molecule has 0 aromatic rings. The summed E-state index contributed by atoms with van der Waals surface area (Å²) in [5.41, 5.74) is 6.41. The first-order valence-electron chi connectivity index (χ1n) is 8.33. The summed E-state index contributed by atoms with van der Waals surface area (Å²) in [5, 5.41) is 0. The molecule has 0 aromatic carbocycles. The zero-order valence-corrected chi connectivity index (χ0v) is 13.4. The Labute approximate surface area is 123 Å². The van der Waals surface area contributed by atoms with E-state index in [0.717, 1.165) is 25.7 Å². The Morgan fingerprint density at radius 1 is 1.20 bits per heavy atom. The minimum atomic E-state index is -0.407. The maximum absolute atomic E-state index is 12.3. The molecule has 2 saturated carbocycles.